The number of hydrogen-bond donors (Lipinski definition) is 0. The van der Waals surface area contributed by atoms with Crippen molar-refractivity contribution in [1.82, 2.24) is 0 Å². The van der Waals surface area contributed by atoms with E-state index < -0.39 is 0 Å². The standard InChI is InChI=1S/C6H10O2S/c1-5(7)3-4-8-6(2)9/h3-4H2,1-2H3. The van der Waals surface area contributed by atoms with Crippen molar-refractivity contribution in [2.75, 3.05) is 6.61 Å². The van der Waals surface area contributed by atoms with Crippen LogP contribution in [0.4, 0.5) is 0 Å². The zero-order valence-corrected chi connectivity index (χ0v) is 6.46. The molecule has 9 heavy (non-hydrogen) atoms. The molecule has 0 heterocycles. The molecule has 0 rings (SSSR count). The molecule has 0 N–H and O–H groups in total. The Morgan fingerprint density at radius 2 is 2.11 bits per heavy atom. The lowest BCUT2D eigenvalue weighted by molar-refractivity contribution is -0.117. The lowest BCUT2D eigenvalue weighted by atomic mass is 10.3. The largest absolute Gasteiger partial charge is 0.487 e. The summed E-state index contributed by atoms with van der Waals surface area (Å²) in [7, 11) is 0. The van der Waals surface area contributed by atoms with Crippen molar-refractivity contribution < 1.29 is 9.53 Å². The van der Waals surface area contributed by atoms with Gasteiger partial charge in [-0.15, -0.1) is 0 Å². The Labute approximate surface area is 60.2 Å². The van der Waals surface area contributed by atoms with Crippen LogP contribution < -0.4 is 0 Å². The summed E-state index contributed by atoms with van der Waals surface area (Å²) in [4.78, 5) is 10.3. The predicted molar refractivity (Wildman–Crippen MR) is 39.5 cm³/mol. The van der Waals surface area contributed by atoms with Crippen molar-refractivity contribution in [3.63, 3.8) is 0 Å². The second-order valence-electron chi connectivity index (χ2n) is 1.79. The Bertz CT molecular complexity index is 106. The molecule has 0 radical (unpaired) electrons. The van der Waals surface area contributed by atoms with Gasteiger partial charge in [0.15, 0.2) is 5.05 Å². The topological polar surface area (TPSA) is 26.3 Å². The van der Waals surface area contributed by atoms with Crippen molar-refractivity contribution >= 4 is 23.1 Å². The SMILES string of the molecule is CC(=O)CCOC(C)=S. The average molecular weight is 146 g/mol. The van der Waals surface area contributed by atoms with Crippen molar-refractivity contribution in [3.8, 4) is 0 Å². The summed E-state index contributed by atoms with van der Waals surface area (Å²) in [5, 5.41) is 0.497. The van der Waals surface area contributed by atoms with E-state index in [1.807, 2.05) is 0 Å². The molecule has 0 fully saturated rings. The van der Waals surface area contributed by atoms with Crippen LogP contribution in [0.1, 0.15) is 20.3 Å². The molecule has 0 aromatic heterocycles. The number of rotatable bonds is 3. The van der Waals surface area contributed by atoms with E-state index in [9.17, 15) is 4.79 Å². The first kappa shape index (κ1) is 8.56. The Balaban J connectivity index is 3.10. The average Bonchev–Trinajstić information content (AvgIpc) is 1.63. The van der Waals surface area contributed by atoms with Gasteiger partial charge in [0.05, 0.1) is 6.61 Å². The molecule has 52 valence electrons. The molecule has 0 spiro atoms. The van der Waals surface area contributed by atoms with Crippen molar-refractivity contribution in [2.24, 2.45) is 0 Å². The monoisotopic (exact) mass is 146 g/mol. The molecule has 0 saturated heterocycles. The zero-order valence-electron chi connectivity index (χ0n) is 5.64. The molecule has 0 bridgehead atoms. The maximum atomic E-state index is 10.3. The Morgan fingerprint density at radius 1 is 1.56 bits per heavy atom. The fourth-order valence-electron chi connectivity index (χ4n) is 0.338. The number of carbonyl (C=O) groups excluding carboxylic acids is 1. The molecule has 0 saturated carbocycles. The molecule has 0 aromatic carbocycles. The third kappa shape index (κ3) is 7.56. The lowest BCUT2D eigenvalue weighted by Crippen LogP contribution is -2.02. The second-order valence-corrected chi connectivity index (χ2v) is 2.37. The van der Waals surface area contributed by atoms with Gasteiger partial charge in [-0.2, -0.15) is 0 Å². The van der Waals surface area contributed by atoms with Gasteiger partial charge in [-0.05, 0) is 19.1 Å². The maximum absolute atomic E-state index is 10.3. The van der Waals surface area contributed by atoms with Crippen molar-refractivity contribution in [2.45, 2.75) is 20.3 Å². The molecule has 0 amide bonds. The first-order valence-electron chi connectivity index (χ1n) is 2.75. The summed E-state index contributed by atoms with van der Waals surface area (Å²) in [5.41, 5.74) is 0. The molecular formula is C6H10O2S. The molecule has 0 unspecified atom stereocenters. The molecular weight excluding hydrogens is 136 g/mol. The van der Waals surface area contributed by atoms with E-state index in [0.717, 1.165) is 0 Å². The fraction of sp³-hybridized carbons (Fsp3) is 0.667. The first-order chi connectivity index (χ1) is 4.13. The minimum Gasteiger partial charge on any atom is -0.487 e. The van der Waals surface area contributed by atoms with Crippen LogP contribution in [-0.4, -0.2) is 17.4 Å². The minimum atomic E-state index is 0.131. The van der Waals surface area contributed by atoms with E-state index in [1.54, 1.807) is 6.92 Å². The highest BCUT2D eigenvalue weighted by atomic mass is 32.1. The Kier molecular flexibility index (Phi) is 4.22. The van der Waals surface area contributed by atoms with Crippen LogP contribution in [0.25, 0.3) is 0 Å². The minimum absolute atomic E-state index is 0.131. The van der Waals surface area contributed by atoms with Gasteiger partial charge in [0, 0.05) is 13.3 Å². The van der Waals surface area contributed by atoms with Crippen LogP contribution in [0, 0.1) is 0 Å². The number of thiocarbonyl (C=S) groups is 1. The normalized spacial score (nSPS) is 8.67. The van der Waals surface area contributed by atoms with Gasteiger partial charge < -0.3 is 4.74 Å². The maximum Gasteiger partial charge on any atom is 0.156 e. The zero-order chi connectivity index (χ0) is 7.28. The molecule has 0 atom stereocenters. The quantitative estimate of drug-likeness (QED) is 0.562. The summed E-state index contributed by atoms with van der Waals surface area (Å²) in [6.45, 7) is 3.64. The highest BCUT2D eigenvalue weighted by Crippen LogP contribution is 1.85. The van der Waals surface area contributed by atoms with Gasteiger partial charge in [-0.1, -0.05) is 0 Å². The summed E-state index contributed by atoms with van der Waals surface area (Å²) in [5.74, 6) is 0.131. The van der Waals surface area contributed by atoms with Gasteiger partial charge in [0.2, 0.25) is 0 Å². The molecule has 3 heteroatoms. The lowest BCUT2D eigenvalue weighted by Gasteiger charge is -1.98. The molecule has 2 nitrogen and oxygen atoms in total. The summed E-state index contributed by atoms with van der Waals surface area (Å²) >= 11 is 4.61. The smallest absolute Gasteiger partial charge is 0.156 e. The van der Waals surface area contributed by atoms with Gasteiger partial charge in [-0.3, -0.25) is 4.79 Å². The van der Waals surface area contributed by atoms with Gasteiger partial charge in [-0.25, -0.2) is 0 Å². The Hall–Kier alpha value is -0.440. The molecule has 0 aliphatic carbocycles. The van der Waals surface area contributed by atoms with Crippen LogP contribution in [-0.2, 0) is 9.53 Å². The van der Waals surface area contributed by atoms with E-state index in [4.69, 9.17) is 4.74 Å². The number of ketones is 1. The summed E-state index contributed by atoms with van der Waals surface area (Å²) in [6, 6.07) is 0. The van der Waals surface area contributed by atoms with Crippen molar-refractivity contribution in [1.29, 1.82) is 0 Å². The molecule has 0 aliphatic heterocycles. The number of Topliss-reactive ketones (excluding diaryl/α,β-unsaturated/α-hetero) is 1. The van der Waals surface area contributed by atoms with Crippen LogP contribution >= 0.6 is 12.2 Å². The van der Waals surface area contributed by atoms with Gasteiger partial charge in [0.1, 0.15) is 5.78 Å². The van der Waals surface area contributed by atoms with Crippen LogP contribution in [0.5, 0.6) is 0 Å². The summed E-state index contributed by atoms with van der Waals surface area (Å²) in [6.07, 6.45) is 0.452. The third-order valence-corrected chi connectivity index (χ3v) is 0.877. The third-order valence-electron chi connectivity index (χ3n) is 0.759. The van der Waals surface area contributed by atoms with Crippen LogP contribution in [0.2, 0.25) is 0 Å². The number of hydrogen-bond acceptors (Lipinski definition) is 3. The predicted octanol–water partition coefficient (Wildman–Crippen LogP) is 1.33. The van der Waals surface area contributed by atoms with E-state index in [2.05, 4.69) is 12.2 Å². The van der Waals surface area contributed by atoms with Gasteiger partial charge in [0.25, 0.3) is 0 Å². The van der Waals surface area contributed by atoms with Crippen LogP contribution in [0.15, 0.2) is 0 Å². The van der Waals surface area contributed by atoms with E-state index in [0.29, 0.717) is 18.1 Å². The highest BCUT2D eigenvalue weighted by Gasteiger charge is 1.92. The fourth-order valence-corrected chi connectivity index (χ4v) is 0.422. The number of carbonyl (C=O) groups is 1. The van der Waals surface area contributed by atoms with Gasteiger partial charge >= 0.3 is 0 Å². The second kappa shape index (κ2) is 4.44. The first-order valence-corrected chi connectivity index (χ1v) is 3.16. The van der Waals surface area contributed by atoms with Crippen molar-refractivity contribution in [3.05, 3.63) is 0 Å². The molecule has 0 aliphatic rings. The Morgan fingerprint density at radius 3 is 2.44 bits per heavy atom. The van der Waals surface area contributed by atoms with E-state index in [-0.39, 0.29) is 5.78 Å². The van der Waals surface area contributed by atoms with E-state index in [1.165, 1.54) is 6.92 Å². The van der Waals surface area contributed by atoms with E-state index >= 15 is 0 Å². The highest BCUT2D eigenvalue weighted by molar-refractivity contribution is 7.80. The van der Waals surface area contributed by atoms with Crippen LogP contribution in [0.3, 0.4) is 0 Å². The number of ether oxygens (including phenoxy) is 1. The summed E-state index contributed by atoms with van der Waals surface area (Å²) < 4.78 is 4.86. The molecule has 0 aromatic rings.